The topological polar surface area (TPSA) is 99.7 Å². The molecular weight excluding hydrogens is 402 g/mol. The van der Waals surface area contributed by atoms with Gasteiger partial charge < -0.3 is 18.6 Å². The van der Waals surface area contributed by atoms with Gasteiger partial charge in [-0.1, -0.05) is 4.40 Å². The number of hydrogen-bond donors (Lipinski definition) is 0. The first-order chi connectivity index (χ1) is 13.3. The number of halogens is 1. The van der Waals surface area contributed by atoms with E-state index in [0.29, 0.717) is 59.9 Å². The molecule has 1 fully saturated rings. The van der Waals surface area contributed by atoms with Gasteiger partial charge in [-0.15, -0.1) is 0 Å². The van der Waals surface area contributed by atoms with Crippen LogP contribution in [0.4, 0.5) is 5.82 Å². The van der Waals surface area contributed by atoms with Gasteiger partial charge in [0.1, 0.15) is 21.6 Å². The number of ether oxygens (including phenoxy) is 1. The van der Waals surface area contributed by atoms with Crippen LogP contribution >= 0.6 is 11.6 Å². The summed E-state index contributed by atoms with van der Waals surface area (Å²) in [5.74, 6) is 0.639. The van der Waals surface area contributed by atoms with Crippen molar-refractivity contribution in [2.24, 2.45) is 4.40 Å². The molecule has 0 radical (unpaired) electrons. The highest BCUT2D eigenvalue weighted by molar-refractivity contribution is 7.91. The summed E-state index contributed by atoms with van der Waals surface area (Å²) < 4.78 is 27.2. The molecule has 0 saturated carbocycles. The molecule has 1 atom stereocenters. The van der Waals surface area contributed by atoms with Gasteiger partial charge in [0.05, 0.1) is 24.8 Å². The number of fused-ring (bicyclic) bond motifs is 3. The Bertz CT molecular complexity index is 1040. The predicted octanol–water partition coefficient (Wildman–Crippen LogP) is 3.14. The van der Waals surface area contributed by atoms with Gasteiger partial charge in [-0.3, -0.25) is 0 Å². The van der Waals surface area contributed by atoms with E-state index in [0.717, 1.165) is 0 Å². The summed E-state index contributed by atoms with van der Waals surface area (Å²) in [5, 5.41) is 0.851. The zero-order valence-corrected chi connectivity index (χ0v) is 17.4. The number of morpholine rings is 1. The van der Waals surface area contributed by atoms with E-state index in [9.17, 15) is 4.55 Å². The second kappa shape index (κ2) is 7.47. The van der Waals surface area contributed by atoms with Gasteiger partial charge in [-0.25, -0.2) is 9.97 Å². The summed E-state index contributed by atoms with van der Waals surface area (Å²) in [5.41, 5.74) is 2.28. The Labute approximate surface area is 170 Å². The van der Waals surface area contributed by atoms with Gasteiger partial charge in [0.25, 0.3) is 0 Å². The fraction of sp³-hybridized carbons (Fsp3) is 0.444. The fourth-order valence-corrected chi connectivity index (χ4v) is 3.53. The number of nitrogens with zero attached hydrogens (tertiary/aromatic N) is 5. The summed E-state index contributed by atoms with van der Waals surface area (Å²) in [6.07, 6.45) is 3.18. The van der Waals surface area contributed by atoms with Crippen LogP contribution in [-0.2, 0) is 16.1 Å². The molecule has 3 aromatic heterocycles. The minimum Gasteiger partial charge on any atom is -0.591 e. The van der Waals surface area contributed by atoms with E-state index in [1.807, 2.05) is 26.8 Å². The Kier molecular flexibility index (Phi) is 5.17. The molecule has 0 spiro atoms. The van der Waals surface area contributed by atoms with E-state index in [2.05, 4.69) is 24.2 Å². The molecule has 1 aliphatic rings. The van der Waals surface area contributed by atoms with Crippen molar-refractivity contribution in [3.63, 3.8) is 0 Å². The third-order valence-corrected chi connectivity index (χ3v) is 5.79. The molecule has 3 aromatic rings. The third kappa shape index (κ3) is 3.80. The Balaban J connectivity index is 1.78. The number of anilines is 1. The summed E-state index contributed by atoms with van der Waals surface area (Å²) in [7, 11) is 0. The summed E-state index contributed by atoms with van der Waals surface area (Å²) >= 11 is 4.84. The lowest BCUT2D eigenvalue weighted by Gasteiger charge is -2.27. The van der Waals surface area contributed by atoms with Crippen molar-refractivity contribution < 1.29 is 13.7 Å². The van der Waals surface area contributed by atoms with Gasteiger partial charge in [0.15, 0.2) is 11.4 Å². The van der Waals surface area contributed by atoms with Gasteiger partial charge in [-0.2, -0.15) is 4.98 Å². The Morgan fingerprint density at radius 1 is 1.29 bits per heavy atom. The number of hydrogen-bond acceptors (Lipinski definition) is 8. The van der Waals surface area contributed by atoms with Crippen LogP contribution < -0.4 is 4.90 Å². The molecule has 0 bridgehead atoms. The molecule has 0 amide bonds. The second-order valence-electron chi connectivity index (χ2n) is 7.41. The first-order valence-electron chi connectivity index (χ1n) is 8.87. The molecule has 8 nitrogen and oxygen atoms in total. The van der Waals surface area contributed by atoms with Crippen LogP contribution in [0.5, 0.6) is 0 Å². The maximum absolute atomic E-state index is 12.1. The molecule has 0 aliphatic carbocycles. The van der Waals surface area contributed by atoms with Crippen LogP contribution in [0.15, 0.2) is 21.1 Å². The largest absolute Gasteiger partial charge is 0.591 e. The minimum atomic E-state index is -1.35. The molecule has 1 aliphatic heterocycles. The third-order valence-electron chi connectivity index (χ3n) is 4.28. The van der Waals surface area contributed by atoms with Gasteiger partial charge in [0.2, 0.25) is 11.0 Å². The van der Waals surface area contributed by atoms with Crippen molar-refractivity contribution in [2.45, 2.75) is 25.5 Å². The summed E-state index contributed by atoms with van der Waals surface area (Å²) in [6.45, 7) is 8.25. The monoisotopic (exact) mass is 421 g/mol. The highest BCUT2D eigenvalue weighted by Gasteiger charge is 2.26. The van der Waals surface area contributed by atoms with Gasteiger partial charge in [0, 0.05) is 24.8 Å². The van der Waals surface area contributed by atoms with Crippen molar-refractivity contribution in [3.8, 4) is 0 Å². The molecule has 0 N–H and O–H groups in total. The van der Waals surface area contributed by atoms with E-state index in [4.69, 9.17) is 20.8 Å². The highest BCUT2D eigenvalue weighted by Crippen LogP contribution is 2.33. The molecule has 10 heteroatoms. The van der Waals surface area contributed by atoms with Crippen LogP contribution in [0, 0.1) is 0 Å². The zero-order chi connectivity index (χ0) is 19.9. The lowest BCUT2D eigenvalue weighted by Crippen LogP contribution is -2.36. The summed E-state index contributed by atoms with van der Waals surface area (Å²) in [4.78, 5) is 15.1. The standard InChI is InChI=1S/C18H20ClN5O3S/c1-18(2,3)28(25)21-10-11-8-12-13-14(27-16(12)20-9-11)15(23-17(19)22-13)24-4-6-26-7-5-24/h8-10H,4-7H2,1-3H3/b21-10+/t28-/m0/s1. The molecule has 148 valence electrons. The smallest absolute Gasteiger partial charge is 0.229 e. The van der Waals surface area contributed by atoms with Crippen molar-refractivity contribution in [1.82, 2.24) is 15.0 Å². The van der Waals surface area contributed by atoms with E-state index in [1.165, 1.54) is 0 Å². The summed E-state index contributed by atoms with van der Waals surface area (Å²) in [6, 6.07) is 1.85. The van der Waals surface area contributed by atoms with Crippen LogP contribution in [0.3, 0.4) is 0 Å². The molecule has 28 heavy (non-hydrogen) atoms. The maximum Gasteiger partial charge on any atom is 0.229 e. The van der Waals surface area contributed by atoms with Crippen LogP contribution in [0.1, 0.15) is 26.3 Å². The maximum atomic E-state index is 12.1. The average Bonchev–Trinajstić information content (AvgIpc) is 3.03. The van der Waals surface area contributed by atoms with Crippen molar-refractivity contribution >= 4 is 57.2 Å². The predicted molar refractivity (Wildman–Crippen MR) is 111 cm³/mol. The first kappa shape index (κ1) is 19.4. The fourth-order valence-electron chi connectivity index (χ4n) is 2.83. The zero-order valence-electron chi connectivity index (χ0n) is 15.8. The Hall–Kier alpha value is -1.94. The van der Waals surface area contributed by atoms with Gasteiger partial charge in [-0.05, 0) is 38.4 Å². The highest BCUT2D eigenvalue weighted by atomic mass is 35.5. The van der Waals surface area contributed by atoms with E-state index in [-0.39, 0.29) is 5.28 Å². The molecule has 0 aromatic carbocycles. The van der Waals surface area contributed by atoms with Crippen LogP contribution in [-0.4, -0.2) is 56.8 Å². The number of aromatic nitrogens is 3. The number of furan rings is 1. The Morgan fingerprint density at radius 3 is 2.75 bits per heavy atom. The van der Waals surface area contributed by atoms with Crippen molar-refractivity contribution in [2.75, 3.05) is 31.2 Å². The normalized spacial score (nSPS) is 17.1. The lowest BCUT2D eigenvalue weighted by atomic mass is 10.2. The van der Waals surface area contributed by atoms with Crippen LogP contribution in [0.2, 0.25) is 5.28 Å². The van der Waals surface area contributed by atoms with Crippen LogP contribution in [0.25, 0.3) is 22.2 Å². The average molecular weight is 422 g/mol. The number of pyridine rings is 1. The molecule has 1 saturated heterocycles. The van der Waals surface area contributed by atoms with E-state index in [1.54, 1.807) is 12.4 Å². The molecular formula is C18H20ClN5O3S. The van der Waals surface area contributed by atoms with E-state index < -0.39 is 16.1 Å². The van der Waals surface area contributed by atoms with Crippen molar-refractivity contribution in [3.05, 3.63) is 23.1 Å². The van der Waals surface area contributed by atoms with Crippen molar-refractivity contribution in [1.29, 1.82) is 0 Å². The molecule has 4 heterocycles. The van der Waals surface area contributed by atoms with Gasteiger partial charge >= 0.3 is 0 Å². The first-order valence-corrected chi connectivity index (χ1v) is 10.4. The molecule has 4 rings (SSSR count). The minimum absolute atomic E-state index is 0.143. The SMILES string of the molecule is CC(C)(C)[S@+]([O-])/N=C/c1cnc2oc3c(N4CCOCC4)nc(Cl)nc3c2c1. The Morgan fingerprint density at radius 2 is 2.04 bits per heavy atom. The van der Waals surface area contributed by atoms with E-state index >= 15 is 0 Å². The number of rotatable bonds is 3. The second-order valence-corrected chi connectivity index (χ2v) is 9.68. The molecule has 0 unspecified atom stereocenters. The lowest BCUT2D eigenvalue weighted by molar-refractivity contribution is 0.122. The quantitative estimate of drug-likeness (QED) is 0.363.